The molecule has 0 fully saturated rings. The molecule has 2 aromatic rings. The van der Waals surface area contributed by atoms with Gasteiger partial charge >= 0.3 is 6.09 Å². The molecule has 0 unspecified atom stereocenters. The lowest BCUT2D eigenvalue weighted by atomic mass is 9.78. The Kier molecular flexibility index (Phi) is 10.1. The van der Waals surface area contributed by atoms with Crippen LogP contribution in [0.5, 0.6) is 5.75 Å². The number of aliphatic hydroxyl groups excluding tert-OH is 1. The lowest BCUT2D eigenvalue weighted by Crippen LogP contribution is -2.29. The van der Waals surface area contributed by atoms with Crippen LogP contribution in [0.3, 0.4) is 0 Å². The van der Waals surface area contributed by atoms with Gasteiger partial charge in [0, 0.05) is 17.2 Å². The second-order valence-electron chi connectivity index (χ2n) is 8.15. The van der Waals surface area contributed by atoms with Crippen molar-refractivity contribution in [1.29, 1.82) is 5.26 Å². The van der Waals surface area contributed by atoms with E-state index in [1.54, 1.807) is 48.5 Å². The van der Waals surface area contributed by atoms with Crippen LogP contribution in [0.15, 0.2) is 60.7 Å². The number of nitrogens with one attached hydrogen (secondary N) is 2. The third-order valence-corrected chi connectivity index (χ3v) is 5.05. The number of allylic oxidation sites excluding steroid dienone is 1. The van der Waals surface area contributed by atoms with Gasteiger partial charge in [0.15, 0.2) is 0 Å². The van der Waals surface area contributed by atoms with Gasteiger partial charge in [0.05, 0.1) is 18.2 Å². The van der Waals surface area contributed by atoms with Crippen molar-refractivity contribution in [2.24, 2.45) is 5.41 Å². The van der Waals surface area contributed by atoms with Gasteiger partial charge in [0.1, 0.15) is 18.5 Å². The summed E-state index contributed by atoms with van der Waals surface area (Å²) in [6.45, 7) is 3.88. The second kappa shape index (κ2) is 13.0. The predicted octanol–water partition coefficient (Wildman–Crippen LogP) is 4.09. The van der Waals surface area contributed by atoms with Crippen molar-refractivity contribution in [2.75, 3.05) is 18.5 Å². The molecule has 4 N–H and O–H groups in total. The Morgan fingerprint density at radius 3 is 2.59 bits per heavy atom. The summed E-state index contributed by atoms with van der Waals surface area (Å²) in [6, 6.07) is 15.5. The Bertz CT molecular complexity index is 1030. The molecule has 0 radical (unpaired) electrons. The molecule has 0 aliphatic heterocycles. The highest BCUT2D eigenvalue weighted by atomic mass is 16.6. The van der Waals surface area contributed by atoms with Crippen molar-refractivity contribution >= 4 is 17.7 Å². The summed E-state index contributed by atoms with van der Waals surface area (Å²) >= 11 is 0. The molecule has 0 spiro atoms. The summed E-state index contributed by atoms with van der Waals surface area (Å²) in [7, 11) is 0. The van der Waals surface area contributed by atoms with Crippen LogP contribution in [0.25, 0.3) is 0 Å². The van der Waals surface area contributed by atoms with Crippen LogP contribution in [0, 0.1) is 16.7 Å². The van der Waals surface area contributed by atoms with Crippen LogP contribution in [0.2, 0.25) is 0 Å². The quantitative estimate of drug-likeness (QED) is 0.222. The molecule has 0 heterocycles. The molecule has 1 atom stereocenters. The Morgan fingerprint density at radius 1 is 1.21 bits per heavy atom. The largest absolute Gasteiger partial charge is 0.491 e. The van der Waals surface area contributed by atoms with E-state index < -0.39 is 23.5 Å². The SMILES string of the molecule is CC(C)(CC/C=C/C(=O)NO)[C@H](OC(=O)Nc1ccc(C#N)cc1)c1cccc(OCCO)c1. The van der Waals surface area contributed by atoms with Crippen molar-refractivity contribution < 1.29 is 29.4 Å². The summed E-state index contributed by atoms with van der Waals surface area (Å²) in [5, 5.41) is 29.2. The molecule has 0 saturated heterocycles. The van der Waals surface area contributed by atoms with Crippen LogP contribution in [0.1, 0.15) is 43.9 Å². The number of rotatable bonds is 11. The number of amides is 2. The van der Waals surface area contributed by atoms with E-state index in [4.69, 9.17) is 25.0 Å². The standard InChI is InChI=1S/C25H29N3O6/c1-25(2,13-4-3-8-22(30)28-32)23(19-6-5-7-21(16-19)33-15-14-29)34-24(31)27-20-11-9-18(17-26)10-12-20/h3,5-12,16,23,29,32H,4,13-15H2,1-2H3,(H,27,31)(H,28,30)/b8-3+/t23-/m1/s1. The molecule has 0 aliphatic carbocycles. The third-order valence-electron chi connectivity index (χ3n) is 5.05. The van der Waals surface area contributed by atoms with Gasteiger partial charge in [-0.05, 0) is 54.8 Å². The molecule has 0 saturated carbocycles. The fourth-order valence-electron chi connectivity index (χ4n) is 3.31. The molecular formula is C25H29N3O6. The van der Waals surface area contributed by atoms with Gasteiger partial charge in [-0.2, -0.15) is 5.26 Å². The Hall–Kier alpha value is -3.87. The number of aliphatic hydroxyl groups is 1. The number of hydrogen-bond donors (Lipinski definition) is 4. The van der Waals surface area contributed by atoms with Crippen molar-refractivity contribution in [3.8, 4) is 11.8 Å². The van der Waals surface area contributed by atoms with Gasteiger partial charge in [-0.25, -0.2) is 10.3 Å². The first-order valence-electron chi connectivity index (χ1n) is 10.7. The molecule has 2 aromatic carbocycles. The highest BCUT2D eigenvalue weighted by Crippen LogP contribution is 2.41. The zero-order chi connectivity index (χ0) is 25.0. The minimum atomic E-state index is -0.677. The van der Waals surface area contributed by atoms with E-state index in [-0.39, 0.29) is 13.2 Å². The van der Waals surface area contributed by atoms with E-state index in [9.17, 15) is 9.59 Å². The molecule has 0 aliphatic rings. The van der Waals surface area contributed by atoms with Gasteiger partial charge in [-0.3, -0.25) is 15.3 Å². The average Bonchev–Trinajstić information content (AvgIpc) is 2.84. The van der Waals surface area contributed by atoms with Crippen LogP contribution in [-0.2, 0) is 9.53 Å². The van der Waals surface area contributed by atoms with Crippen LogP contribution < -0.4 is 15.5 Å². The minimum Gasteiger partial charge on any atom is -0.491 e. The average molecular weight is 468 g/mol. The predicted molar refractivity (Wildman–Crippen MR) is 125 cm³/mol. The zero-order valence-corrected chi connectivity index (χ0v) is 19.2. The van der Waals surface area contributed by atoms with E-state index in [0.29, 0.717) is 35.4 Å². The summed E-state index contributed by atoms with van der Waals surface area (Å²) < 4.78 is 11.4. The first-order valence-corrected chi connectivity index (χ1v) is 10.7. The number of anilines is 1. The Labute approximate surface area is 198 Å². The number of nitriles is 1. The number of benzene rings is 2. The van der Waals surface area contributed by atoms with Crippen molar-refractivity contribution in [1.82, 2.24) is 5.48 Å². The van der Waals surface area contributed by atoms with E-state index in [1.165, 1.54) is 11.6 Å². The van der Waals surface area contributed by atoms with Crippen LogP contribution in [-0.4, -0.2) is 35.5 Å². The van der Waals surface area contributed by atoms with Crippen molar-refractivity contribution in [3.63, 3.8) is 0 Å². The normalized spacial score (nSPS) is 12.0. The summed E-state index contributed by atoms with van der Waals surface area (Å²) in [6.07, 6.45) is 2.56. The highest BCUT2D eigenvalue weighted by molar-refractivity contribution is 5.86. The van der Waals surface area contributed by atoms with Crippen LogP contribution >= 0.6 is 0 Å². The van der Waals surface area contributed by atoms with Gasteiger partial charge in [0.2, 0.25) is 0 Å². The molecular weight excluding hydrogens is 438 g/mol. The van der Waals surface area contributed by atoms with Crippen molar-refractivity contribution in [2.45, 2.75) is 32.8 Å². The van der Waals surface area contributed by atoms with Crippen molar-refractivity contribution in [3.05, 3.63) is 71.8 Å². The van der Waals surface area contributed by atoms with Gasteiger partial charge in [-0.15, -0.1) is 0 Å². The van der Waals surface area contributed by atoms with E-state index in [2.05, 4.69) is 5.32 Å². The van der Waals surface area contributed by atoms with Gasteiger partial charge in [0.25, 0.3) is 5.91 Å². The third kappa shape index (κ3) is 8.24. The fourth-order valence-corrected chi connectivity index (χ4v) is 3.31. The molecule has 2 rings (SSSR count). The maximum atomic E-state index is 12.8. The molecule has 180 valence electrons. The highest BCUT2D eigenvalue weighted by Gasteiger charge is 2.34. The molecule has 2 amide bonds. The monoisotopic (exact) mass is 467 g/mol. The lowest BCUT2D eigenvalue weighted by Gasteiger charge is -2.34. The van der Waals surface area contributed by atoms with E-state index >= 15 is 0 Å². The summed E-state index contributed by atoms with van der Waals surface area (Å²) in [5.74, 6) is -0.0934. The van der Waals surface area contributed by atoms with E-state index in [1.807, 2.05) is 26.0 Å². The summed E-state index contributed by atoms with van der Waals surface area (Å²) in [5.41, 5.74) is 2.64. The van der Waals surface area contributed by atoms with Gasteiger partial charge < -0.3 is 14.6 Å². The molecule has 9 heteroatoms. The number of nitrogens with zero attached hydrogens (tertiary/aromatic N) is 1. The summed E-state index contributed by atoms with van der Waals surface area (Å²) in [4.78, 5) is 24.0. The number of hydroxylamine groups is 1. The smallest absolute Gasteiger partial charge is 0.412 e. The minimum absolute atomic E-state index is 0.129. The number of carbonyl (C=O) groups excluding carboxylic acids is 2. The molecule has 9 nitrogen and oxygen atoms in total. The second-order valence-corrected chi connectivity index (χ2v) is 8.15. The molecule has 34 heavy (non-hydrogen) atoms. The first-order chi connectivity index (χ1) is 16.3. The molecule has 0 bridgehead atoms. The number of carbonyl (C=O) groups is 2. The van der Waals surface area contributed by atoms with E-state index in [0.717, 1.165) is 0 Å². The lowest BCUT2D eigenvalue weighted by molar-refractivity contribution is -0.124. The maximum absolute atomic E-state index is 12.8. The topological polar surface area (TPSA) is 141 Å². The van der Waals surface area contributed by atoms with Gasteiger partial charge in [-0.1, -0.05) is 32.1 Å². The molecule has 0 aromatic heterocycles. The zero-order valence-electron chi connectivity index (χ0n) is 19.2. The number of hydrogen-bond acceptors (Lipinski definition) is 7. The first kappa shape index (κ1) is 26.4. The number of ether oxygens (including phenoxy) is 2. The van der Waals surface area contributed by atoms with Crippen LogP contribution in [0.4, 0.5) is 10.5 Å². The fraction of sp³-hybridized carbons (Fsp3) is 0.320. The Morgan fingerprint density at radius 2 is 1.94 bits per heavy atom. The maximum Gasteiger partial charge on any atom is 0.412 e. The Balaban J connectivity index is 2.23.